The Bertz CT molecular complexity index is 28.7. The number of halogens is 1. The van der Waals surface area contributed by atoms with Crippen LogP contribution >= 0.6 is 0 Å². The van der Waals surface area contributed by atoms with Crippen LogP contribution in [-0.2, 0) is 5.11 Å². The maximum absolute atomic E-state index is 11.1. The van der Waals surface area contributed by atoms with Crippen molar-refractivity contribution in [3.05, 3.63) is 0 Å². The molecule has 1 nitrogen and oxygen atoms in total. The lowest BCUT2D eigenvalue weighted by Crippen LogP contribution is -1.90. The summed E-state index contributed by atoms with van der Waals surface area (Å²) in [6.45, 7) is 1.78. The molecule has 0 amide bonds. The van der Waals surface area contributed by atoms with Crippen molar-refractivity contribution in [1.29, 1.82) is 0 Å². The highest BCUT2D eigenvalue weighted by molar-refractivity contribution is 4.31. The molecule has 37 valence electrons. The highest BCUT2D eigenvalue weighted by Crippen LogP contribution is 1.95. The van der Waals surface area contributed by atoms with E-state index in [-0.39, 0.29) is 6.42 Å². The van der Waals surface area contributed by atoms with Crippen LogP contribution in [0.15, 0.2) is 0 Å². The number of alkyl halides is 1. The molecule has 1 unspecified atom stereocenters. The van der Waals surface area contributed by atoms with Gasteiger partial charge in [0.15, 0.2) is 0 Å². The van der Waals surface area contributed by atoms with Crippen LogP contribution in [-0.4, -0.2) is 6.36 Å². The first-order valence-corrected chi connectivity index (χ1v) is 2.07. The minimum absolute atomic E-state index is 0.153. The van der Waals surface area contributed by atoms with Gasteiger partial charge in [0.05, 0.1) is 0 Å². The van der Waals surface area contributed by atoms with E-state index in [0.29, 0.717) is 6.42 Å². The van der Waals surface area contributed by atoms with Crippen LogP contribution < -0.4 is 0 Å². The summed E-state index contributed by atoms with van der Waals surface area (Å²) in [4.78, 5) is 0. The fourth-order valence-corrected chi connectivity index (χ4v) is 0.227. The van der Waals surface area contributed by atoms with E-state index in [1.54, 1.807) is 6.92 Å². The zero-order chi connectivity index (χ0) is 4.99. The van der Waals surface area contributed by atoms with E-state index in [9.17, 15) is 9.50 Å². The van der Waals surface area contributed by atoms with Crippen molar-refractivity contribution >= 4 is 0 Å². The fraction of sp³-hybridized carbons (Fsp3) is 1.00. The van der Waals surface area contributed by atoms with E-state index in [0.717, 1.165) is 0 Å². The van der Waals surface area contributed by atoms with Crippen molar-refractivity contribution < 1.29 is 9.50 Å². The standard InChI is InChI=1S/C4H8FO/c1-2-3-4(5)6/h4H,2-3H2,1H3. The topological polar surface area (TPSA) is 19.9 Å². The van der Waals surface area contributed by atoms with E-state index >= 15 is 0 Å². The second kappa shape index (κ2) is 3.09. The van der Waals surface area contributed by atoms with Gasteiger partial charge < -0.3 is 0 Å². The molecule has 0 N–H and O–H groups in total. The molecule has 1 radical (unpaired) electrons. The van der Waals surface area contributed by atoms with Crippen LogP contribution in [0, 0.1) is 0 Å². The van der Waals surface area contributed by atoms with Gasteiger partial charge in [-0.3, -0.25) is 0 Å². The van der Waals surface area contributed by atoms with Crippen molar-refractivity contribution in [2.45, 2.75) is 26.1 Å². The van der Waals surface area contributed by atoms with Gasteiger partial charge in [-0.2, -0.15) is 5.11 Å². The molecule has 0 aliphatic heterocycles. The molecule has 0 fully saturated rings. The second-order valence-electron chi connectivity index (χ2n) is 1.20. The number of hydrogen-bond acceptors (Lipinski definition) is 0. The molecule has 0 spiro atoms. The van der Waals surface area contributed by atoms with Gasteiger partial charge in [0, 0.05) is 6.42 Å². The highest BCUT2D eigenvalue weighted by Gasteiger charge is 1.95. The fourth-order valence-electron chi connectivity index (χ4n) is 0.227. The zero-order valence-corrected chi connectivity index (χ0v) is 3.78. The van der Waals surface area contributed by atoms with Gasteiger partial charge in [-0.15, -0.1) is 0 Å². The van der Waals surface area contributed by atoms with Crippen molar-refractivity contribution in [2.75, 3.05) is 0 Å². The van der Waals surface area contributed by atoms with Crippen molar-refractivity contribution in [3.8, 4) is 0 Å². The van der Waals surface area contributed by atoms with Crippen LogP contribution in [0.25, 0.3) is 0 Å². The SMILES string of the molecule is CCCC([O])F. The van der Waals surface area contributed by atoms with Crippen LogP contribution in [0.3, 0.4) is 0 Å². The quantitative estimate of drug-likeness (QED) is 0.491. The molecule has 0 rings (SSSR count). The maximum atomic E-state index is 11.1. The van der Waals surface area contributed by atoms with Crippen LogP contribution in [0.4, 0.5) is 4.39 Å². The molecule has 0 aliphatic rings. The molecule has 1 atom stereocenters. The Morgan fingerprint density at radius 3 is 2.33 bits per heavy atom. The first-order valence-electron chi connectivity index (χ1n) is 2.07. The van der Waals surface area contributed by atoms with Gasteiger partial charge in [-0.05, 0) is 0 Å². The lowest BCUT2D eigenvalue weighted by atomic mass is 10.3. The molecular weight excluding hydrogens is 83.0 g/mol. The number of rotatable bonds is 2. The Kier molecular flexibility index (Phi) is 3.04. The molecule has 0 aromatic rings. The molecule has 6 heavy (non-hydrogen) atoms. The second-order valence-corrected chi connectivity index (χ2v) is 1.20. The normalized spacial score (nSPS) is 14.5. The van der Waals surface area contributed by atoms with Crippen molar-refractivity contribution in [2.24, 2.45) is 0 Å². The van der Waals surface area contributed by atoms with E-state index in [4.69, 9.17) is 0 Å². The molecule has 2 heteroatoms. The third kappa shape index (κ3) is 3.89. The molecule has 0 aromatic heterocycles. The van der Waals surface area contributed by atoms with Crippen LogP contribution in [0.5, 0.6) is 0 Å². The first-order chi connectivity index (χ1) is 2.77. The van der Waals surface area contributed by atoms with Crippen LogP contribution in [0.1, 0.15) is 19.8 Å². The van der Waals surface area contributed by atoms with E-state index in [2.05, 4.69) is 0 Å². The Balaban J connectivity index is 2.63. The molecule has 0 aromatic carbocycles. The van der Waals surface area contributed by atoms with Gasteiger partial charge in [0.2, 0.25) is 6.36 Å². The van der Waals surface area contributed by atoms with Gasteiger partial charge in [-0.25, -0.2) is 4.39 Å². The summed E-state index contributed by atoms with van der Waals surface area (Å²) in [6, 6.07) is 0. The van der Waals surface area contributed by atoms with Crippen molar-refractivity contribution in [3.63, 3.8) is 0 Å². The third-order valence-electron chi connectivity index (χ3n) is 0.516. The minimum Gasteiger partial charge on any atom is -0.213 e. The Morgan fingerprint density at radius 1 is 1.83 bits per heavy atom. The van der Waals surface area contributed by atoms with E-state index in [1.807, 2.05) is 0 Å². The maximum Gasteiger partial charge on any atom is 0.231 e. The lowest BCUT2D eigenvalue weighted by Gasteiger charge is -1.88. The first kappa shape index (κ1) is 5.89. The third-order valence-corrected chi connectivity index (χ3v) is 0.516. The molecule has 0 aliphatic carbocycles. The van der Waals surface area contributed by atoms with Crippen molar-refractivity contribution in [1.82, 2.24) is 0 Å². The molecule has 0 heterocycles. The van der Waals surface area contributed by atoms with Gasteiger partial charge >= 0.3 is 0 Å². The van der Waals surface area contributed by atoms with Gasteiger partial charge in [0.25, 0.3) is 0 Å². The highest BCUT2D eigenvalue weighted by atomic mass is 19.1. The number of hydrogen-bond donors (Lipinski definition) is 0. The summed E-state index contributed by atoms with van der Waals surface area (Å²) in [7, 11) is 0. The summed E-state index contributed by atoms with van der Waals surface area (Å²) in [5.41, 5.74) is 0. The lowest BCUT2D eigenvalue weighted by molar-refractivity contribution is -0.0283. The summed E-state index contributed by atoms with van der Waals surface area (Å²) < 4.78 is 11.1. The Hall–Kier alpha value is -0.110. The minimum atomic E-state index is -1.85. The molecule has 0 bridgehead atoms. The predicted octanol–water partition coefficient (Wildman–Crippen LogP) is 1.51. The summed E-state index contributed by atoms with van der Waals surface area (Å²) >= 11 is 0. The predicted molar refractivity (Wildman–Crippen MR) is 20.5 cm³/mol. The van der Waals surface area contributed by atoms with E-state index in [1.165, 1.54) is 0 Å². The average molecular weight is 91.1 g/mol. The zero-order valence-electron chi connectivity index (χ0n) is 3.78. The largest absolute Gasteiger partial charge is 0.231 e. The summed E-state index contributed by atoms with van der Waals surface area (Å²) in [5.74, 6) is 0. The van der Waals surface area contributed by atoms with Gasteiger partial charge in [0.1, 0.15) is 0 Å². The Morgan fingerprint density at radius 2 is 2.33 bits per heavy atom. The van der Waals surface area contributed by atoms with Crippen LogP contribution in [0.2, 0.25) is 0 Å². The molecule has 0 saturated heterocycles. The monoisotopic (exact) mass is 91.1 g/mol. The summed E-state index contributed by atoms with van der Waals surface area (Å²) in [5, 5.41) is 9.46. The summed E-state index contributed by atoms with van der Waals surface area (Å²) in [6.07, 6.45) is -1.06. The van der Waals surface area contributed by atoms with E-state index < -0.39 is 6.36 Å². The Labute approximate surface area is 36.8 Å². The average Bonchev–Trinajstić information content (AvgIpc) is 1.35. The molecule has 0 saturated carbocycles. The van der Waals surface area contributed by atoms with Gasteiger partial charge in [-0.1, -0.05) is 13.3 Å². The smallest absolute Gasteiger partial charge is 0.213 e. The molecular formula is C4H8FO.